The second-order valence-electron chi connectivity index (χ2n) is 5.84. The molecule has 0 atom stereocenters. The van der Waals surface area contributed by atoms with E-state index in [0.29, 0.717) is 0 Å². The molecule has 132 valence electrons. The highest BCUT2D eigenvalue weighted by Gasteiger charge is 2.03. The van der Waals surface area contributed by atoms with Crippen molar-refractivity contribution in [3.8, 4) is 0 Å². The second-order valence-corrected chi connectivity index (χ2v) is 7.16. The van der Waals surface area contributed by atoms with Gasteiger partial charge in [0.05, 0.1) is 16.0 Å². The van der Waals surface area contributed by atoms with Crippen LogP contribution in [0.25, 0.3) is 11.0 Å². The molecule has 0 saturated carbocycles. The molecule has 0 spiro atoms. The number of para-hydroxylation sites is 2. The Hall–Kier alpha value is -2.41. The van der Waals surface area contributed by atoms with Gasteiger partial charge in [-0.25, -0.2) is 9.97 Å². The van der Waals surface area contributed by atoms with Gasteiger partial charge in [-0.15, -0.1) is 11.3 Å². The molecule has 3 N–H and O–H groups in total. The van der Waals surface area contributed by atoms with Crippen molar-refractivity contribution in [2.45, 2.75) is 26.2 Å². The van der Waals surface area contributed by atoms with E-state index in [9.17, 15) is 0 Å². The number of nitrogens with one attached hydrogen (secondary N) is 3. The summed E-state index contributed by atoms with van der Waals surface area (Å²) in [6, 6.07) is 8.12. The van der Waals surface area contributed by atoms with Crippen molar-refractivity contribution >= 4 is 28.3 Å². The van der Waals surface area contributed by atoms with Gasteiger partial charge in [-0.05, 0) is 25.5 Å². The zero-order chi connectivity index (χ0) is 17.5. The number of benzene rings is 1. The first-order valence-electron chi connectivity index (χ1n) is 8.54. The van der Waals surface area contributed by atoms with Gasteiger partial charge in [0.15, 0.2) is 5.96 Å². The summed E-state index contributed by atoms with van der Waals surface area (Å²) in [5.41, 5.74) is 2.13. The molecule has 25 heavy (non-hydrogen) atoms. The Balaban J connectivity index is 1.36. The zero-order valence-electron chi connectivity index (χ0n) is 14.7. The lowest BCUT2D eigenvalue weighted by atomic mass is 10.3. The number of H-pyrrole nitrogens is 1. The molecule has 3 aromatic rings. The smallest absolute Gasteiger partial charge is 0.190 e. The lowest BCUT2D eigenvalue weighted by Crippen LogP contribution is -2.38. The van der Waals surface area contributed by atoms with Gasteiger partial charge >= 0.3 is 0 Å². The maximum absolute atomic E-state index is 4.60. The number of imidazole rings is 1. The van der Waals surface area contributed by atoms with E-state index >= 15 is 0 Å². The summed E-state index contributed by atoms with van der Waals surface area (Å²) in [6.07, 6.45) is 4.74. The molecule has 0 aliphatic rings. The van der Waals surface area contributed by atoms with Gasteiger partial charge in [0.25, 0.3) is 0 Å². The minimum absolute atomic E-state index is 0.830. The van der Waals surface area contributed by atoms with Gasteiger partial charge in [-0.1, -0.05) is 12.1 Å². The molecule has 7 heteroatoms. The van der Waals surface area contributed by atoms with E-state index in [1.165, 1.54) is 4.88 Å². The van der Waals surface area contributed by atoms with Crippen molar-refractivity contribution in [1.82, 2.24) is 25.6 Å². The number of aliphatic imine (C=N–C) groups is 1. The maximum atomic E-state index is 4.60. The predicted molar refractivity (Wildman–Crippen MR) is 104 cm³/mol. The summed E-state index contributed by atoms with van der Waals surface area (Å²) in [7, 11) is 1.79. The fraction of sp³-hybridized carbons (Fsp3) is 0.389. The number of hydrogen-bond donors (Lipinski definition) is 3. The second kappa shape index (κ2) is 8.62. The van der Waals surface area contributed by atoms with Gasteiger partial charge in [-0.2, -0.15) is 0 Å². The lowest BCUT2D eigenvalue weighted by Gasteiger charge is -2.10. The van der Waals surface area contributed by atoms with Crippen LogP contribution in [0.4, 0.5) is 0 Å². The lowest BCUT2D eigenvalue weighted by molar-refractivity contribution is 0.724. The molecule has 0 amide bonds. The van der Waals surface area contributed by atoms with Crippen LogP contribution < -0.4 is 10.6 Å². The average molecular weight is 356 g/mol. The van der Waals surface area contributed by atoms with Crippen molar-refractivity contribution in [1.29, 1.82) is 0 Å². The Morgan fingerprint density at radius 1 is 1.20 bits per heavy atom. The van der Waals surface area contributed by atoms with E-state index in [0.717, 1.165) is 60.2 Å². The molecule has 6 nitrogen and oxygen atoms in total. The van der Waals surface area contributed by atoms with Crippen molar-refractivity contribution in [2.75, 3.05) is 20.1 Å². The number of thiazole rings is 1. The van der Waals surface area contributed by atoms with E-state index in [1.807, 2.05) is 24.4 Å². The third-order valence-corrected chi connectivity index (χ3v) is 4.82. The third kappa shape index (κ3) is 5.03. The molecule has 2 heterocycles. The first-order valence-corrected chi connectivity index (χ1v) is 9.35. The normalized spacial score (nSPS) is 11.8. The molecule has 2 aromatic heterocycles. The third-order valence-electron chi connectivity index (χ3n) is 3.85. The van der Waals surface area contributed by atoms with Crippen LogP contribution in [0.5, 0.6) is 0 Å². The molecular weight excluding hydrogens is 332 g/mol. The van der Waals surface area contributed by atoms with Crippen LogP contribution in [-0.2, 0) is 12.8 Å². The molecule has 0 bridgehead atoms. The average Bonchev–Trinajstić information content (AvgIpc) is 3.22. The highest BCUT2D eigenvalue weighted by atomic mass is 32.1. The minimum atomic E-state index is 0.830. The highest BCUT2D eigenvalue weighted by Crippen LogP contribution is 2.11. The summed E-state index contributed by atoms with van der Waals surface area (Å²) in [6.45, 7) is 3.76. The van der Waals surface area contributed by atoms with Crippen LogP contribution in [0.2, 0.25) is 0 Å². The molecule has 0 saturated heterocycles. The van der Waals surface area contributed by atoms with Gasteiger partial charge in [0.2, 0.25) is 0 Å². The van der Waals surface area contributed by atoms with Crippen LogP contribution in [0.1, 0.15) is 22.1 Å². The minimum Gasteiger partial charge on any atom is -0.356 e. The van der Waals surface area contributed by atoms with Crippen LogP contribution in [0.15, 0.2) is 35.5 Å². The number of aromatic nitrogens is 3. The fourth-order valence-electron chi connectivity index (χ4n) is 2.61. The van der Waals surface area contributed by atoms with Crippen molar-refractivity contribution in [3.05, 3.63) is 46.2 Å². The molecule has 3 rings (SSSR count). The number of fused-ring (bicyclic) bond motifs is 1. The standard InChI is InChI=1S/C18H24N6S/c1-13-12-22-17(25-13)9-11-21-18(19-2)20-10-5-8-16-23-14-6-3-4-7-15(14)24-16/h3-4,6-7,12H,5,8-11H2,1-2H3,(H,23,24)(H2,19,20,21). The van der Waals surface area contributed by atoms with E-state index in [4.69, 9.17) is 0 Å². The molecule has 1 aromatic carbocycles. The Labute approximate surface area is 151 Å². The van der Waals surface area contributed by atoms with E-state index in [1.54, 1.807) is 18.4 Å². The molecular formula is C18H24N6S. The zero-order valence-corrected chi connectivity index (χ0v) is 15.5. The molecule has 0 aliphatic heterocycles. The summed E-state index contributed by atoms with van der Waals surface area (Å²) in [5, 5.41) is 7.83. The summed E-state index contributed by atoms with van der Waals surface area (Å²) < 4.78 is 0. The SMILES string of the molecule is CN=C(NCCCc1nc2ccccc2[nH]1)NCCc1ncc(C)s1. The molecule has 0 unspecified atom stereocenters. The predicted octanol–water partition coefficient (Wildman–Crippen LogP) is 2.67. The molecule has 0 fully saturated rings. The monoisotopic (exact) mass is 356 g/mol. The number of rotatable bonds is 7. The Kier molecular flexibility index (Phi) is 6.00. The van der Waals surface area contributed by atoms with E-state index in [-0.39, 0.29) is 0 Å². The van der Waals surface area contributed by atoms with Gasteiger partial charge in [-0.3, -0.25) is 4.99 Å². The fourth-order valence-corrected chi connectivity index (χ4v) is 3.40. The number of guanidine groups is 1. The first-order chi connectivity index (χ1) is 12.2. The number of nitrogens with zero attached hydrogens (tertiary/aromatic N) is 3. The highest BCUT2D eigenvalue weighted by molar-refractivity contribution is 7.11. The van der Waals surface area contributed by atoms with Crippen molar-refractivity contribution < 1.29 is 0 Å². The largest absolute Gasteiger partial charge is 0.356 e. The number of hydrogen-bond acceptors (Lipinski definition) is 4. The Morgan fingerprint density at radius 3 is 2.80 bits per heavy atom. The van der Waals surface area contributed by atoms with Crippen LogP contribution in [0, 0.1) is 6.92 Å². The molecule has 0 aliphatic carbocycles. The van der Waals surface area contributed by atoms with Crippen LogP contribution >= 0.6 is 11.3 Å². The first kappa shape index (κ1) is 17.4. The summed E-state index contributed by atoms with van der Waals surface area (Å²) in [4.78, 5) is 17.8. The van der Waals surface area contributed by atoms with Crippen molar-refractivity contribution in [2.24, 2.45) is 4.99 Å². The van der Waals surface area contributed by atoms with E-state index in [2.05, 4.69) is 43.6 Å². The quantitative estimate of drug-likeness (QED) is 0.345. The van der Waals surface area contributed by atoms with E-state index < -0.39 is 0 Å². The Bertz CT molecular complexity index is 802. The summed E-state index contributed by atoms with van der Waals surface area (Å²) in [5.74, 6) is 1.86. The van der Waals surface area contributed by atoms with Gasteiger partial charge in [0, 0.05) is 44.1 Å². The van der Waals surface area contributed by atoms with Crippen LogP contribution in [0.3, 0.4) is 0 Å². The van der Waals surface area contributed by atoms with Crippen LogP contribution in [-0.4, -0.2) is 41.0 Å². The maximum Gasteiger partial charge on any atom is 0.190 e. The number of aromatic amines is 1. The summed E-state index contributed by atoms with van der Waals surface area (Å²) >= 11 is 1.75. The van der Waals surface area contributed by atoms with Crippen molar-refractivity contribution in [3.63, 3.8) is 0 Å². The van der Waals surface area contributed by atoms with Gasteiger partial charge < -0.3 is 15.6 Å². The van der Waals surface area contributed by atoms with Gasteiger partial charge in [0.1, 0.15) is 5.82 Å². The molecule has 0 radical (unpaired) electrons. The number of aryl methyl sites for hydroxylation is 2. The topological polar surface area (TPSA) is 78.0 Å². The Morgan fingerprint density at radius 2 is 2.04 bits per heavy atom.